The first-order valence-corrected chi connectivity index (χ1v) is 11.1. The van der Waals surface area contributed by atoms with Crippen molar-refractivity contribution in [1.29, 1.82) is 0 Å². The third-order valence-corrected chi connectivity index (χ3v) is 5.49. The quantitative estimate of drug-likeness (QED) is 0.347. The molecule has 0 saturated heterocycles. The van der Waals surface area contributed by atoms with Crippen molar-refractivity contribution in [3.8, 4) is 0 Å². The average Bonchev–Trinajstić information content (AvgIpc) is 2.93. The number of hydrogen-bond acceptors (Lipinski definition) is 6. The van der Waals surface area contributed by atoms with Crippen LogP contribution in [0.3, 0.4) is 0 Å². The average molecular weight is 449 g/mol. The zero-order valence-electron chi connectivity index (χ0n) is 19.2. The number of amides is 2. The predicted octanol–water partition coefficient (Wildman–Crippen LogP) is 2.17. The third-order valence-electron chi connectivity index (χ3n) is 5.49. The molecular weight excluding hydrogens is 416 g/mol. The molecule has 0 aliphatic carbocycles. The Morgan fingerprint density at radius 1 is 1.24 bits per heavy atom. The van der Waals surface area contributed by atoms with Crippen molar-refractivity contribution in [3.05, 3.63) is 71.9 Å². The number of benzene rings is 2. The van der Waals surface area contributed by atoms with Gasteiger partial charge in [0.05, 0.1) is 11.4 Å². The number of carbonyl (C=O) groups is 2. The lowest BCUT2D eigenvalue weighted by Gasteiger charge is -2.21. The summed E-state index contributed by atoms with van der Waals surface area (Å²) in [7, 11) is 1.72. The second kappa shape index (κ2) is 11.3. The number of nitrogens with one attached hydrogen (secondary N) is 3. The number of anilines is 2. The molecule has 1 atom stereocenters. The van der Waals surface area contributed by atoms with E-state index in [-0.39, 0.29) is 18.2 Å². The third kappa shape index (κ3) is 6.43. The van der Waals surface area contributed by atoms with E-state index in [0.717, 1.165) is 35.3 Å². The molecule has 0 unspecified atom stereocenters. The van der Waals surface area contributed by atoms with Crippen LogP contribution >= 0.6 is 0 Å². The van der Waals surface area contributed by atoms with E-state index < -0.39 is 11.9 Å². The van der Waals surface area contributed by atoms with Crippen LogP contribution in [0, 0.1) is 0 Å². The van der Waals surface area contributed by atoms with Crippen LogP contribution in [-0.2, 0) is 22.4 Å². The van der Waals surface area contributed by atoms with E-state index in [9.17, 15) is 9.59 Å². The number of hydrogen-bond donors (Lipinski definition) is 4. The number of aryl methyl sites for hydroxylation is 1. The fraction of sp³-hybridized carbons (Fsp3) is 0.320. The molecule has 174 valence electrons. The number of rotatable bonds is 9. The van der Waals surface area contributed by atoms with Gasteiger partial charge in [0.15, 0.2) is 0 Å². The van der Waals surface area contributed by atoms with Gasteiger partial charge in [-0.15, -0.1) is 0 Å². The summed E-state index contributed by atoms with van der Waals surface area (Å²) < 4.78 is 0. The summed E-state index contributed by atoms with van der Waals surface area (Å²) >= 11 is 0. The van der Waals surface area contributed by atoms with Crippen LogP contribution < -0.4 is 26.7 Å². The van der Waals surface area contributed by atoms with E-state index in [2.05, 4.69) is 27.7 Å². The van der Waals surface area contributed by atoms with Gasteiger partial charge in [-0.1, -0.05) is 43.0 Å². The van der Waals surface area contributed by atoms with Gasteiger partial charge in [0.2, 0.25) is 0 Å². The highest BCUT2D eigenvalue weighted by atomic mass is 16.2. The monoisotopic (exact) mass is 448 g/mol. The molecule has 8 nitrogen and oxygen atoms in total. The summed E-state index contributed by atoms with van der Waals surface area (Å²) in [5.41, 5.74) is 13.2. The second-order valence-corrected chi connectivity index (χ2v) is 8.12. The Hall–Kier alpha value is -3.65. The summed E-state index contributed by atoms with van der Waals surface area (Å²) in [5.74, 6) is -0.613. The van der Waals surface area contributed by atoms with Crippen molar-refractivity contribution in [2.75, 3.05) is 30.4 Å². The van der Waals surface area contributed by atoms with Crippen LogP contribution in [0.15, 0.2) is 65.9 Å². The molecule has 2 amide bonds. The highest BCUT2D eigenvalue weighted by Gasteiger charge is 2.29. The topological polar surface area (TPSA) is 112 Å². The van der Waals surface area contributed by atoms with Gasteiger partial charge in [-0.3, -0.25) is 15.0 Å². The van der Waals surface area contributed by atoms with Crippen LogP contribution in [0.25, 0.3) is 0 Å². The Kier molecular flexibility index (Phi) is 8.21. The first-order valence-electron chi connectivity index (χ1n) is 11.1. The highest BCUT2D eigenvalue weighted by Crippen LogP contribution is 2.29. The minimum absolute atomic E-state index is 0.195. The van der Waals surface area contributed by atoms with Crippen molar-refractivity contribution in [1.82, 2.24) is 10.7 Å². The zero-order chi connectivity index (χ0) is 23.8. The number of nitrogens with zero attached hydrogens (tertiary/aromatic N) is 2. The Balaban J connectivity index is 1.60. The maximum absolute atomic E-state index is 13.0. The normalized spacial score (nSPS) is 15.8. The Bertz CT molecular complexity index is 1030. The molecule has 1 heterocycles. The van der Waals surface area contributed by atoms with Crippen molar-refractivity contribution < 1.29 is 9.59 Å². The fourth-order valence-corrected chi connectivity index (χ4v) is 3.59. The summed E-state index contributed by atoms with van der Waals surface area (Å²) in [5, 5.41) is 10.2. The first-order chi connectivity index (χ1) is 15.9. The lowest BCUT2D eigenvalue weighted by atomic mass is 10.1. The van der Waals surface area contributed by atoms with Gasteiger partial charge in [0, 0.05) is 25.7 Å². The van der Waals surface area contributed by atoms with E-state index in [1.807, 2.05) is 48.5 Å². The Labute approximate surface area is 194 Å². The Morgan fingerprint density at radius 2 is 2.00 bits per heavy atom. The minimum atomic E-state index is -0.722. The van der Waals surface area contributed by atoms with Crippen LogP contribution in [0.4, 0.5) is 11.4 Å². The van der Waals surface area contributed by atoms with Gasteiger partial charge >= 0.3 is 0 Å². The lowest BCUT2D eigenvalue weighted by molar-refractivity contribution is -0.124. The van der Waals surface area contributed by atoms with E-state index in [1.54, 1.807) is 18.9 Å². The van der Waals surface area contributed by atoms with E-state index >= 15 is 0 Å². The number of allylic oxidation sites excluding steroid dienone is 1. The zero-order valence-corrected chi connectivity index (χ0v) is 19.2. The smallest absolute Gasteiger partial charge is 0.267 e. The van der Waals surface area contributed by atoms with Gasteiger partial charge in [0.1, 0.15) is 11.8 Å². The molecule has 2 aromatic rings. The number of carbonyl (C=O) groups excluding carboxylic acids is 2. The number of hydrazone groups is 1. The van der Waals surface area contributed by atoms with Gasteiger partial charge in [-0.05, 0) is 49.6 Å². The molecule has 0 fully saturated rings. The predicted molar refractivity (Wildman–Crippen MR) is 133 cm³/mol. The van der Waals surface area contributed by atoms with Crippen LogP contribution in [0.2, 0.25) is 0 Å². The SMILES string of the molecule is C=C(Cc1ccccc1)N/N=C(\C)C(=O)N[C@H]1CNc2ccc(CCCN)cc2N(C)C1=O. The van der Waals surface area contributed by atoms with Crippen LogP contribution in [0.5, 0.6) is 0 Å². The molecule has 3 rings (SSSR count). The van der Waals surface area contributed by atoms with Crippen molar-refractivity contribution >= 4 is 28.9 Å². The molecule has 0 aromatic heterocycles. The molecule has 2 aromatic carbocycles. The van der Waals surface area contributed by atoms with E-state index in [1.165, 1.54) is 0 Å². The van der Waals surface area contributed by atoms with Crippen molar-refractivity contribution in [3.63, 3.8) is 0 Å². The maximum atomic E-state index is 13.0. The molecular formula is C25H32N6O2. The highest BCUT2D eigenvalue weighted by molar-refractivity contribution is 6.38. The molecule has 1 aliphatic rings. The largest absolute Gasteiger partial charge is 0.381 e. The standard InChI is InChI=1S/C25H32N6O2/c1-17(14-19-8-5-4-6-9-19)29-30-18(2)24(32)28-22-16-27-21-12-11-20(10-7-13-26)15-23(21)31(3)25(22)33/h4-6,8-9,11-12,15,22,27,29H,1,7,10,13-14,16,26H2,2-3H3,(H,28,32)/b30-18+/t22-/m0/s1. The van der Waals surface area contributed by atoms with E-state index in [4.69, 9.17) is 5.73 Å². The van der Waals surface area contributed by atoms with Gasteiger partial charge in [-0.25, -0.2) is 0 Å². The molecule has 0 spiro atoms. The molecule has 0 radical (unpaired) electrons. The summed E-state index contributed by atoms with van der Waals surface area (Å²) in [6.45, 7) is 6.45. The summed E-state index contributed by atoms with van der Waals surface area (Å²) in [6, 6.07) is 15.1. The fourth-order valence-electron chi connectivity index (χ4n) is 3.59. The van der Waals surface area contributed by atoms with Crippen molar-refractivity contribution in [2.45, 2.75) is 32.2 Å². The lowest BCUT2D eigenvalue weighted by Crippen LogP contribution is -2.51. The summed E-state index contributed by atoms with van der Waals surface area (Å²) in [6.07, 6.45) is 2.33. The number of nitrogens with two attached hydrogens (primary N) is 1. The van der Waals surface area contributed by atoms with Crippen LogP contribution in [0.1, 0.15) is 24.5 Å². The van der Waals surface area contributed by atoms with Gasteiger partial charge in [-0.2, -0.15) is 5.10 Å². The molecule has 8 heteroatoms. The molecule has 0 saturated carbocycles. The first kappa shape index (κ1) is 24.0. The minimum Gasteiger partial charge on any atom is -0.381 e. The number of fused-ring (bicyclic) bond motifs is 1. The van der Waals surface area contributed by atoms with Gasteiger partial charge in [0.25, 0.3) is 11.8 Å². The van der Waals surface area contributed by atoms with Gasteiger partial charge < -0.3 is 21.3 Å². The second-order valence-electron chi connectivity index (χ2n) is 8.12. The summed E-state index contributed by atoms with van der Waals surface area (Å²) in [4.78, 5) is 27.3. The van der Waals surface area contributed by atoms with E-state index in [0.29, 0.717) is 18.7 Å². The molecule has 0 bridgehead atoms. The maximum Gasteiger partial charge on any atom is 0.267 e. The number of likely N-dealkylation sites (N-methyl/N-ethyl adjacent to an activating group) is 1. The molecule has 1 aliphatic heterocycles. The molecule has 5 N–H and O–H groups in total. The van der Waals surface area contributed by atoms with Crippen LogP contribution in [-0.4, -0.2) is 43.7 Å². The van der Waals surface area contributed by atoms with Crippen molar-refractivity contribution in [2.24, 2.45) is 10.8 Å². The molecule has 33 heavy (non-hydrogen) atoms. The Morgan fingerprint density at radius 3 is 2.73 bits per heavy atom.